The second-order valence-corrected chi connectivity index (χ2v) is 5.42. The smallest absolute Gasteiger partial charge is 0.0926 e. The summed E-state index contributed by atoms with van der Waals surface area (Å²) in [5.74, 6) is 0. The minimum absolute atomic E-state index is 0.0329. The van der Waals surface area contributed by atoms with E-state index >= 15 is 0 Å². The molecule has 0 aliphatic carbocycles. The number of rotatable bonds is 2. The van der Waals surface area contributed by atoms with Crippen molar-refractivity contribution in [2.24, 2.45) is 0 Å². The van der Waals surface area contributed by atoms with Crippen LogP contribution < -0.4 is 0 Å². The molecule has 1 saturated heterocycles. The monoisotopic (exact) mass is 317 g/mol. The summed E-state index contributed by atoms with van der Waals surface area (Å²) >= 11 is 2.40. The third-order valence-electron chi connectivity index (χ3n) is 3.16. The number of pyridine rings is 1. The molecule has 2 atom stereocenters. The molecule has 82 valence electrons. The minimum Gasteiger partial charge on any atom is -0.364 e. The molecule has 15 heavy (non-hydrogen) atoms. The van der Waals surface area contributed by atoms with Gasteiger partial charge < -0.3 is 4.74 Å². The molecule has 0 aromatic carbocycles. The van der Waals surface area contributed by atoms with Crippen molar-refractivity contribution in [3.05, 3.63) is 30.1 Å². The summed E-state index contributed by atoms with van der Waals surface area (Å²) in [5.41, 5.74) is 1.08. The van der Waals surface area contributed by atoms with Gasteiger partial charge in [0.15, 0.2) is 0 Å². The number of hydrogen-bond acceptors (Lipinski definition) is 2. The molecule has 0 amide bonds. The predicted molar refractivity (Wildman–Crippen MR) is 69.2 cm³/mol. The molecule has 0 bridgehead atoms. The van der Waals surface area contributed by atoms with Gasteiger partial charge in [-0.05, 0) is 32.8 Å². The lowest BCUT2D eigenvalue weighted by Gasteiger charge is -2.29. The zero-order valence-corrected chi connectivity index (χ0v) is 11.3. The van der Waals surface area contributed by atoms with Crippen LogP contribution in [0.15, 0.2) is 24.5 Å². The highest BCUT2D eigenvalue weighted by Gasteiger charge is 2.43. The van der Waals surface area contributed by atoms with Crippen molar-refractivity contribution in [2.45, 2.75) is 37.9 Å². The SMILES string of the molecule is CC1(CI)CCC(C)(c2cccnc2)O1. The quantitative estimate of drug-likeness (QED) is 0.617. The Bertz CT molecular complexity index is 343. The van der Waals surface area contributed by atoms with E-state index < -0.39 is 0 Å². The summed E-state index contributed by atoms with van der Waals surface area (Å²) in [5, 5.41) is 0. The summed E-state index contributed by atoms with van der Waals surface area (Å²) in [7, 11) is 0. The topological polar surface area (TPSA) is 22.1 Å². The fourth-order valence-corrected chi connectivity index (χ4v) is 2.66. The van der Waals surface area contributed by atoms with Crippen molar-refractivity contribution in [1.82, 2.24) is 4.98 Å². The van der Waals surface area contributed by atoms with Crippen LogP contribution in [0.3, 0.4) is 0 Å². The van der Waals surface area contributed by atoms with E-state index in [0.29, 0.717) is 0 Å². The van der Waals surface area contributed by atoms with Crippen LogP contribution in [0.25, 0.3) is 0 Å². The van der Waals surface area contributed by atoms with E-state index in [1.165, 1.54) is 5.56 Å². The summed E-state index contributed by atoms with van der Waals surface area (Å²) in [6.07, 6.45) is 5.93. The van der Waals surface area contributed by atoms with Gasteiger partial charge in [0.2, 0.25) is 0 Å². The summed E-state index contributed by atoms with van der Waals surface area (Å²) in [6.45, 7) is 4.36. The first-order valence-electron chi connectivity index (χ1n) is 5.25. The van der Waals surface area contributed by atoms with E-state index in [1.54, 1.807) is 6.20 Å². The Hall–Kier alpha value is -0.160. The van der Waals surface area contributed by atoms with Crippen LogP contribution in [0, 0.1) is 0 Å². The van der Waals surface area contributed by atoms with E-state index in [0.717, 1.165) is 17.3 Å². The Morgan fingerprint density at radius 1 is 1.47 bits per heavy atom. The van der Waals surface area contributed by atoms with E-state index in [2.05, 4.69) is 47.5 Å². The normalized spacial score (nSPS) is 35.7. The van der Waals surface area contributed by atoms with Crippen molar-refractivity contribution < 1.29 is 4.74 Å². The molecule has 2 rings (SSSR count). The van der Waals surface area contributed by atoms with Crippen LogP contribution >= 0.6 is 22.6 Å². The van der Waals surface area contributed by atoms with Crippen LogP contribution in [0.1, 0.15) is 32.3 Å². The highest BCUT2D eigenvalue weighted by molar-refractivity contribution is 14.1. The number of hydrogen-bond donors (Lipinski definition) is 0. The van der Waals surface area contributed by atoms with Gasteiger partial charge >= 0.3 is 0 Å². The van der Waals surface area contributed by atoms with E-state index in [9.17, 15) is 0 Å². The third kappa shape index (κ3) is 2.18. The first-order chi connectivity index (χ1) is 7.08. The van der Waals surface area contributed by atoms with Gasteiger partial charge in [0.1, 0.15) is 0 Å². The van der Waals surface area contributed by atoms with Gasteiger partial charge in [0.05, 0.1) is 11.2 Å². The highest BCUT2D eigenvalue weighted by Crippen LogP contribution is 2.44. The maximum atomic E-state index is 6.22. The van der Waals surface area contributed by atoms with Crippen molar-refractivity contribution >= 4 is 22.6 Å². The predicted octanol–water partition coefficient (Wildman–Crippen LogP) is 3.30. The molecular formula is C12H16INO. The van der Waals surface area contributed by atoms with Crippen LogP contribution in [0.4, 0.5) is 0 Å². The van der Waals surface area contributed by atoms with Gasteiger partial charge in [-0.2, -0.15) is 0 Å². The highest BCUT2D eigenvalue weighted by atomic mass is 127. The average molecular weight is 317 g/mol. The van der Waals surface area contributed by atoms with Gasteiger partial charge in [-0.3, -0.25) is 4.98 Å². The summed E-state index contributed by atoms with van der Waals surface area (Å²) < 4.78 is 7.27. The Kier molecular flexibility index (Phi) is 3.03. The maximum absolute atomic E-state index is 6.22. The Morgan fingerprint density at radius 2 is 2.27 bits per heavy atom. The van der Waals surface area contributed by atoms with E-state index in [1.807, 2.05) is 12.3 Å². The van der Waals surface area contributed by atoms with E-state index in [-0.39, 0.29) is 11.2 Å². The van der Waals surface area contributed by atoms with Crippen molar-refractivity contribution in [3.8, 4) is 0 Å². The fraction of sp³-hybridized carbons (Fsp3) is 0.583. The van der Waals surface area contributed by atoms with Gasteiger partial charge in [0.25, 0.3) is 0 Å². The Labute approximate surface area is 105 Å². The van der Waals surface area contributed by atoms with E-state index in [4.69, 9.17) is 4.74 Å². The van der Waals surface area contributed by atoms with Crippen molar-refractivity contribution in [2.75, 3.05) is 4.43 Å². The van der Waals surface area contributed by atoms with Gasteiger partial charge in [-0.15, -0.1) is 0 Å². The first-order valence-corrected chi connectivity index (χ1v) is 6.77. The van der Waals surface area contributed by atoms with Crippen LogP contribution in [-0.4, -0.2) is 15.0 Å². The molecule has 3 heteroatoms. The van der Waals surface area contributed by atoms with Gasteiger partial charge in [-0.25, -0.2) is 0 Å². The number of alkyl halides is 1. The second kappa shape index (κ2) is 4.01. The van der Waals surface area contributed by atoms with Crippen LogP contribution in [0.5, 0.6) is 0 Å². The molecular weight excluding hydrogens is 301 g/mol. The Morgan fingerprint density at radius 3 is 2.80 bits per heavy atom. The number of nitrogens with zero attached hydrogens (tertiary/aromatic N) is 1. The second-order valence-electron chi connectivity index (χ2n) is 4.66. The largest absolute Gasteiger partial charge is 0.364 e. The number of ether oxygens (including phenoxy) is 1. The van der Waals surface area contributed by atoms with Gasteiger partial charge in [0, 0.05) is 22.4 Å². The lowest BCUT2D eigenvalue weighted by molar-refractivity contribution is -0.0753. The molecule has 1 fully saturated rings. The lowest BCUT2D eigenvalue weighted by atomic mass is 9.93. The van der Waals surface area contributed by atoms with Crippen molar-refractivity contribution in [1.29, 1.82) is 0 Å². The number of aromatic nitrogens is 1. The molecule has 1 aromatic heterocycles. The van der Waals surface area contributed by atoms with Crippen molar-refractivity contribution in [3.63, 3.8) is 0 Å². The molecule has 2 heterocycles. The van der Waals surface area contributed by atoms with Crippen LogP contribution in [0.2, 0.25) is 0 Å². The maximum Gasteiger partial charge on any atom is 0.0926 e. The first kappa shape index (κ1) is 11.3. The lowest BCUT2D eigenvalue weighted by Crippen LogP contribution is -2.30. The summed E-state index contributed by atoms with van der Waals surface area (Å²) in [6, 6.07) is 4.08. The zero-order valence-electron chi connectivity index (χ0n) is 9.16. The third-order valence-corrected chi connectivity index (χ3v) is 4.77. The average Bonchev–Trinajstić information content (AvgIpc) is 2.59. The molecule has 0 spiro atoms. The molecule has 0 radical (unpaired) electrons. The minimum atomic E-state index is -0.145. The molecule has 1 aliphatic rings. The van der Waals surface area contributed by atoms with Gasteiger partial charge in [-0.1, -0.05) is 28.7 Å². The molecule has 2 unspecified atom stereocenters. The molecule has 1 aliphatic heterocycles. The zero-order chi connectivity index (χ0) is 10.9. The molecule has 2 nitrogen and oxygen atoms in total. The standard InChI is InChI=1S/C12H16INO/c1-11(9-13)5-6-12(2,15-11)10-4-3-7-14-8-10/h3-4,7-8H,5-6,9H2,1-2H3. The summed E-state index contributed by atoms with van der Waals surface area (Å²) in [4.78, 5) is 4.17. The molecule has 0 N–H and O–H groups in total. The Balaban J connectivity index is 2.24. The fourth-order valence-electron chi connectivity index (χ4n) is 2.12. The molecule has 1 aromatic rings. The van der Waals surface area contributed by atoms with Crippen LogP contribution in [-0.2, 0) is 10.3 Å². The molecule has 0 saturated carbocycles. The number of halogens is 1.